The third kappa shape index (κ3) is 1.06. The Morgan fingerprint density at radius 2 is 2.36 bits per heavy atom. The van der Waals surface area contributed by atoms with Crippen LogP contribution in [0.5, 0.6) is 0 Å². The zero-order valence-corrected chi connectivity index (χ0v) is 5.94. The van der Waals surface area contributed by atoms with E-state index in [0.29, 0.717) is 12.8 Å². The summed E-state index contributed by atoms with van der Waals surface area (Å²) < 4.78 is 14.0. The molecule has 1 aliphatic rings. The molecule has 1 fully saturated rings. The number of alkyl halides is 1. The molecule has 0 radical (unpaired) electrons. The molecule has 0 aliphatic heterocycles. The third-order valence-corrected chi connectivity index (χ3v) is 1.96. The highest BCUT2D eigenvalue weighted by Crippen LogP contribution is 2.33. The molecule has 1 aliphatic carbocycles. The maximum atomic E-state index is 12.4. The topological polar surface area (TPSA) is 56.7 Å². The lowest BCUT2D eigenvalue weighted by Gasteiger charge is -2.28. The number of anilines is 1. The molecule has 1 heterocycles. The van der Waals surface area contributed by atoms with Crippen molar-refractivity contribution in [2.75, 3.05) is 5.73 Å². The summed E-state index contributed by atoms with van der Waals surface area (Å²) in [6.45, 7) is 0. The van der Waals surface area contributed by atoms with E-state index in [1.807, 2.05) is 0 Å². The molecule has 1 saturated carbocycles. The minimum atomic E-state index is -0.662. The van der Waals surface area contributed by atoms with Crippen LogP contribution in [0.3, 0.4) is 0 Å². The van der Waals surface area contributed by atoms with E-state index >= 15 is 0 Å². The Kier molecular flexibility index (Phi) is 1.30. The van der Waals surface area contributed by atoms with Gasteiger partial charge in [-0.1, -0.05) is 0 Å². The quantitative estimate of drug-likeness (QED) is 0.645. The van der Waals surface area contributed by atoms with Crippen LogP contribution in [0.25, 0.3) is 0 Å². The summed E-state index contributed by atoms with van der Waals surface area (Å²) in [5.74, 6) is 0.257. The van der Waals surface area contributed by atoms with Gasteiger partial charge in [0.2, 0.25) is 5.95 Å². The molecular weight excluding hydrogens is 147 g/mol. The van der Waals surface area contributed by atoms with Crippen LogP contribution in [0, 0.1) is 0 Å². The van der Waals surface area contributed by atoms with Crippen molar-refractivity contribution in [2.45, 2.75) is 25.1 Å². The van der Waals surface area contributed by atoms with Gasteiger partial charge >= 0.3 is 0 Å². The molecule has 2 N–H and O–H groups in total. The van der Waals surface area contributed by atoms with Crippen LogP contribution < -0.4 is 5.73 Å². The summed E-state index contributed by atoms with van der Waals surface area (Å²) in [5.41, 5.74) is 5.29. The van der Waals surface area contributed by atoms with E-state index < -0.39 is 6.17 Å². The number of rotatable bonds is 1. The van der Waals surface area contributed by atoms with Crippen LogP contribution >= 0.6 is 0 Å². The predicted octanol–water partition coefficient (Wildman–Crippen LogP) is 0.533. The maximum absolute atomic E-state index is 12.4. The lowest BCUT2D eigenvalue weighted by molar-refractivity contribution is 0.128. The second-order valence-corrected chi connectivity index (χ2v) is 2.81. The largest absolute Gasteiger partial charge is 0.367 e. The first-order chi connectivity index (χ1) is 5.25. The van der Waals surface area contributed by atoms with Crippen molar-refractivity contribution in [3.8, 4) is 0 Å². The average molecular weight is 156 g/mol. The van der Waals surface area contributed by atoms with Crippen molar-refractivity contribution in [1.29, 1.82) is 0 Å². The molecule has 0 spiro atoms. The van der Waals surface area contributed by atoms with Crippen LogP contribution in [0.4, 0.5) is 10.3 Å². The molecule has 4 nitrogen and oxygen atoms in total. The fraction of sp³-hybridized carbons (Fsp3) is 0.667. The summed E-state index contributed by atoms with van der Waals surface area (Å²) in [6.07, 6.45) is 1.97. The molecule has 0 saturated heterocycles. The molecule has 0 amide bonds. The van der Waals surface area contributed by atoms with Gasteiger partial charge in [0.15, 0.2) is 0 Å². The molecule has 1 aromatic rings. The number of halogens is 1. The zero-order chi connectivity index (χ0) is 7.84. The van der Waals surface area contributed by atoms with Gasteiger partial charge in [-0.25, -0.2) is 14.1 Å². The molecular formula is C6H9FN4. The molecule has 0 atom stereocenters. The van der Waals surface area contributed by atoms with Crippen LogP contribution in [-0.4, -0.2) is 20.9 Å². The number of hydrogen-bond donors (Lipinski definition) is 1. The van der Waals surface area contributed by atoms with Crippen LogP contribution in [0.1, 0.15) is 18.9 Å². The van der Waals surface area contributed by atoms with E-state index in [1.165, 1.54) is 0 Å². The SMILES string of the molecule is Nc1ncn([C@H]2C[C@@H](F)C2)n1. The number of nitrogen functional groups attached to an aromatic ring is 1. The average Bonchev–Trinajstić information content (AvgIpc) is 2.29. The molecule has 60 valence electrons. The maximum Gasteiger partial charge on any atom is 0.239 e. The Bertz CT molecular complexity index is 253. The zero-order valence-electron chi connectivity index (χ0n) is 5.94. The van der Waals surface area contributed by atoms with Crippen LogP contribution in [-0.2, 0) is 0 Å². The molecule has 1 aromatic heterocycles. The molecule has 11 heavy (non-hydrogen) atoms. The molecule has 0 aromatic carbocycles. The Labute approximate surface area is 63.2 Å². The third-order valence-electron chi connectivity index (χ3n) is 1.96. The van der Waals surface area contributed by atoms with Gasteiger partial charge in [0.25, 0.3) is 0 Å². The van der Waals surface area contributed by atoms with E-state index in [0.717, 1.165) is 0 Å². The van der Waals surface area contributed by atoms with Gasteiger partial charge in [0.05, 0.1) is 6.04 Å². The second-order valence-electron chi connectivity index (χ2n) is 2.81. The molecule has 0 unspecified atom stereocenters. The lowest BCUT2D eigenvalue weighted by atomic mass is 9.91. The summed E-state index contributed by atoms with van der Waals surface area (Å²) >= 11 is 0. The van der Waals surface area contributed by atoms with E-state index in [2.05, 4.69) is 10.1 Å². The summed E-state index contributed by atoms with van der Waals surface area (Å²) in [6, 6.07) is 0.176. The van der Waals surface area contributed by atoms with Gasteiger partial charge in [-0.15, -0.1) is 5.10 Å². The van der Waals surface area contributed by atoms with Crippen molar-refractivity contribution in [2.24, 2.45) is 0 Å². The van der Waals surface area contributed by atoms with Crippen molar-refractivity contribution < 1.29 is 4.39 Å². The lowest BCUT2D eigenvalue weighted by Crippen LogP contribution is -2.28. The number of nitrogens with zero attached hydrogens (tertiary/aromatic N) is 3. The first kappa shape index (κ1) is 6.57. The van der Waals surface area contributed by atoms with Gasteiger partial charge in [-0.05, 0) is 0 Å². The van der Waals surface area contributed by atoms with Crippen LogP contribution in [0.15, 0.2) is 6.33 Å². The first-order valence-electron chi connectivity index (χ1n) is 3.56. The van der Waals surface area contributed by atoms with Gasteiger partial charge in [-0.3, -0.25) is 0 Å². The summed E-state index contributed by atoms with van der Waals surface area (Å²) in [4.78, 5) is 3.75. The number of nitrogens with two attached hydrogens (primary N) is 1. The highest BCUT2D eigenvalue weighted by molar-refractivity contribution is 5.10. The fourth-order valence-corrected chi connectivity index (χ4v) is 1.20. The monoisotopic (exact) mass is 156 g/mol. The second kappa shape index (κ2) is 2.18. The van der Waals surface area contributed by atoms with E-state index in [9.17, 15) is 4.39 Å². The van der Waals surface area contributed by atoms with Crippen molar-refractivity contribution in [3.63, 3.8) is 0 Å². The van der Waals surface area contributed by atoms with E-state index in [-0.39, 0.29) is 12.0 Å². The van der Waals surface area contributed by atoms with E-state index in [1.54, 1.807) is 11.0 Å². The Balaban J connectivity index is 2.07. The van der Waals surface area contributed by atoms with Crippen molar-refractivity contribution >= 4 is 5.95 Å². The standard InChI is InChI=1S/C6H9FN4/c7-4-1-5(2-4)11-3-9-6(8)10-11/h3-5H,1-2H2,(H2,8,10)/t4-,5+. The minimum Gasteiger partial charge on any atom is -0.367 e. The van der Waals surface area contributed by atoms with Crippen molar-refractivity contribution in [1.82, 2.24) is 14.8 Å². The fourth-order valence-electron chi connectivity index (χ4n) is 1.20. The Hall–Kier alpha value is -1.13. The summed E-state index contributed by atoms with van der Waals surface area (Å²) in [7, 11) is 0. The van der Waals surface area contributed by atoms with Gasteiger partial charge in [0, 0.05) is 12.8 Å². The highest BCUT2D eigenvalue weighted by atomic mass is 19.1. The molecule has 5 heteroatoms. The Morgan fingerprint density at radius 3 is 2.82 bits per heavy atom. The minimum absolute atomic E-state index is 0.176. The first-order valence-corrected chi connectivity index (χ1v) is 3.56. The van der Waals surface area contributed by atoms with Gasteiger partial charge < -0.3 is 5.73 Å². The van der Waals surface area contributed by atoms with Gasteiger partial charge in [0.1, 0.15) is 12.5 Å². The molecule has 2 rings (SSSR count). The van der Waals surface area contributed by atoms with Crippen molar-refractivity contribution in [3.05, 3.63) is 6.33 Å². The highest BCUT2D eigenvalue weighted by Gasteiger charge is 2.30. The van der Waals surface area contributed by atoms with E-state index in [4.69, 9.17) is 5.73 Å². The number of aromatic nitrogens is 3. The Morgan fingerprint density at radius 1 is 1.64 bits per heavy atom. The normalized spacial score (nSPS) is 29.9. The summed E-state index contributed by atoms with van der Waals surface area (Å²) in [5, 5.41) is 3.88. The molecule has 0 bridgehead atoms. The predicted molar refractivity (Wildman–Crippen MR) is 37.6 cm³/mol. The smallest absolute Gasteiger partial charge is 0.239 e. The number of hydrogen-bond acceptors (Lipinski definition) is 3. The van der Waals surface area contributed by atoms with Gasteiger partial charge in [-0.2, -0.15) is 0 Å². The van der Waals surface area contributed by atoms with Crippen LogP contribution in [0.2, 0.25) is 0 Å².